The molecule has 0 amide bonds. The molecule has 0 aromatic heterocycles. The van der Waals surface area contributed by atoms with E-state index in [1.807, 2.05) is 6.92 Å². The van der Waals surface area contributed by atoms with Gasteiger partial charge in [-0.2, -0.15) is 0 Å². The summed E-state index contributed by atoms with van der Waals surface area (Å²) in [4.78, 5) is 2.34. The molecule has 0 aromatic rings. The molecule has 0 spiro atoms. The van der Waals surface area contributed by atoms with Gasteiger partial charge in [0.05, 0.1) is 5.75 Å². The lowest BCUT2D eigenvalue weighted by atomic mass is 10.0. The van der Waals surface area contributed by atoms with Gasteiger partial charge in [0, 0.05) is 13.1 Å². The third kappa shape index (κ3) is 6.63. The van der Waals surface area contributed by atoms with Gasteiger partial charge >= 0.3 is 0 Å². The van der Waals surface area contributed by atoms with Crippen molar-refractivity contribution < 1.29 is 8.42 Å². The molecular weight excluding hydrogens is 286 g/mol. The van der Waals surface area contributed by atoms with Gasteiger partial charge in [0.1, 0.15) is 0 Å². The Balaban J connectivity index is 2.44. The molecule has 1 atom stereocenters. The van der Waals surface area contributed by atoms with Crippen molar-refractivity contribution >= 4 is 10.0 Å². The van der Waals surface area contributed by atoms with Crippen LogP contribution >= 0.6 is 0 Å². The van der Waals surface area contributed by atoms with E-state index in [2.05, 4.69) is 24.1 Å². The third-order valence-corrected chi connectivity index (χ3v) is 6.49. The van der Waals surface area contributed by atoms with Crippen molar-refractivity contribution in [2.24, 2.45) is 5.92 Å². The minimum Gasteiger partial charge on any atom is -0.316 e. The van der Waals surface area contributed by atoms with Crippen molar-refractivity contribution in [2.45, 2.75) is 40.0 Å². The summed E-state index contributed by atoms with van der Waals surface area (Å²) in [6.07, 6.45) is 3.04. The predicted octanol–water partition coefficient (Wildman–Crippen LogP) is 1.37. The second-order valence-corrected chi connectivity index (χ2v) is 7.88. The molecule has 0 saturated carbocycles. The molecule has 126 valence electrons. The Morgan fingerprint density at radius 3 is 2.33 bits per heavy atom. The molecule has 21 heavy (non-hydrogen) atoms. The molecule has 6 heteroatoms. The van der Waals surface area contributed by atoms with Crippen LogP contribution in [0.15, 0.2) is 0 Å². The highest BCUT2D eigenvalue weighted by molar-refractivity contribution is 7.89. The molecule has 0 aromatic carbocycles. The lowest BCUT2D eigenvalue weighted by molar-refractivity contribution is 0.284. The van der Waals surface area contributed by atoms with Gasteiger partial charge in [-0.1, -0.05) is 20.8 Å². The summed E-state index contributed by atoms with van der Waals surface area (Å²) in [6, 6.07) is 0. The molecule has 1 unspecified atom stereocenters. The molecule has 5 nitrogen and oxygen atoms in total. The second-order valence-electron chi connectivity index (χ2n) is 5.86. The molecule has 1 aliphatic heterocycles. The highest BCUT2D eigenvalue weighted by atomic mass is 32.2. The standard InChI is InChI=1S/C15H33N3O2S/c1-4-17(5-2)11-8-12-18(6-3)21(19,20)14-15-9-7-10-16-13-15/h15-16H,4-14H2,1-3H3. The number of hydrogen-bond acceptors (Lipinski definition) is 4. The number of nitrogens with zero attached hydrogens (tertiary/aromatic N) is 2. The Labute approximate surface area is 131 Å². The number of rotatable bonds is 10. The molecule has 1 saturated heterocycles. The van der Waals surface area contributed by atoms with Gasteiger partial charge in [-0.15, -0.1) is 0 Å². The highest BCUT2D eigenvalue weighted by Crippen LogP contribution is 2.15. The van der Waals surface area contributed by atoms with E-state index in [1.165, 1.54) is 0 Å². The lowest BCUT2D eigenvalue weighted by Gasteiger charge is -2.27. The minimum atomic E-state index is -3.11. The first-order chi connectivity index (χ1) is 10.0. The van der Waals surface area contributed by atoms with Gasteiger partial charge < -0.3 is 10.2 Å². The van der Waals surface area contributed by atoms with E-state index in [-0.39, 0.29) is 5.92 Å². The average molecular weight is 320 g/mol. The Morgan fingerprint density at radius 1 is 1.10 bits per heavy atom. The van der Waals surface area contributed by atoms with E-state index in [4.69, 9.17) is 0 Å². The van der Waals surface area contributed by atoms with Gasteiger partial charge in [0.15, 0.2) is 0 Å². The first-order valence-corrected chi connectivity index (χ1v) is 10.0. The molecular formula is C15H33N3O2S. The fourth-order valence-electron chi connectivity index (χ4n) is 2.97. The molecule has 1 rings (SSSR count). The maximum atomic E-state index is 12.5. The Hall–Kier alpha value is -0.170. The van der Waals surface area contributed by atoms with Crippen molar-refractivity contribution in [3.05, 3.63) is 0 Å². The fourth-order valence-corrected chi connectivity index (χ4v) is 4.87. The van der Waals surface area contributed by atoms with Crippen molar-refractivity contribution in [1.82, 2.24) is 14.5 Å². The summed E-state index contributed by atoms with van der Waals surface area (Å²) >= 11 is 0. The van der Waals surface area contributed by atoms with Crippen LogP contribution in [0, 0.1) is 5.92 Å². The quantitative estimate of drug-likeness (QED) is 0.661. The number of hydrogen-bond donors (Lipinski definition) is 1. The van der Waals surface area contributed by atoms with Crippen molar-refractivity contribution in [1.29, 1.82) is 0 Å². The molecule has 1 heterocycles. The number of nitrogens with one attached hydrogen (secondary N) is 1. The lowest BCUT2D eigenvalue weighted by Crippen LogP contribution is -2.40. The third-order valence-electron chi connectivity index (χ3n) is 4.37. The summed E-state index contributed by atoms with van der Waals surface area (Å²) in [5.74, 6) is 0.583. The van der Waals surface area contributed by atoms with Crippen LogP contribution < -0.4 is 5.32 Å². The van der Waals surface area contributed by atoms with Gasteiger partial charge in [-0.25, -0.2) is 12.7 Å². The van der Waals surface area contributed by atoms with E-state index < -0.39 is 10.0 Å². The molecule has 0 radical (unpaired) electrons. The van der Waals surface area contributed by atoms with Crippen LogP contribution in [0.2, 0.25) is 0 Å². The Bertz CT molecular complexity index is 363. The molecule has 1 N–H and O–H groups in total. The van der Waals surface area contributed by atoms with Crippen LogP contribution in [0.1, 0.15) is 40.0 Å². The number of piperidine rings is 1. The molecule has 1 fully saturated rings. The molecule has 0 bridgehead atoms. The highest BCUT2D eigenvalue weighted by Gasteiger charge is 2.26. The van der Waals surface area contributed by atoms with E-state index in [0.717, 1.165) is 52.0 Å². The maximum absolute atomic E-state index is 12.5. The zero-order valence-electron chi connectivity index (χ0n) is 14.0. The maximum Gasteiger partial charge on any atom is 0.214 e. The second kappa shape index (κ2) is 9.77. The van der Waals surface area contributed by atoms with Gasteiger partial charge in [-0.3, -0.25) is 0 Å². The van der Waals surface area contributed by atoms with E-state index in [1.54, 1.807) is 4.31 Å². The first kappa shape index (κ1) is 18.9. The summed E-state index contributed by atoms with van der Waals surface area (Å²) < 4.78 is 26.7. The topological polar surface area (TPSA) is 52.7 Å². The molecule has 0 aliphatic carbocycles. The largest absolute Gasteiger partial charge is 0.316 e. The van der Waals surface area contributed by atoms with E-state index >= 15 is 0 Å². The normalized spacial score (nSPS) is 20.3. The SMILES string of the molecule is CCN(CC)CCCN(CC)S(=O)(=O)CC1CCCNC1. The number of sulfonamides is 1. The van der Waals surface area contributed by atoms with E-state index in [0.29, 0.717) is 18.8 Å². The fraction of sp³-hybridized carbons (Fsp3) is 1.00. The summed E-state index contributed by atoms with van der Waals surface area (Å²) in [6.45, 7) is 12.4. The van der Waals surface area contributed by atoms with Crippen LogP contribution in [-0.4, -0.2) is 69.2 Å². The predicted molar refractivity (Wildman–Crippen MR) is 89.0 cm³/mol. The molecule has 1 aliphatic rings. The zero-order chi connectivity index (χ0) is 15.7. The van der Waals surface area contributed by atoms with Gasteiger partial charge in [-0.05, 0) is 57.9 Å². The van der Waals surface area contributed by atoms with Crippen LogP contribution in [0.25, 0.3) is 0 Å². The Kier molecular flexibility index (Phi) is 8.78. The summed E-state index contributed by atoms with van der Waals surface area (Å²) in [5, 5.41) is 3.30. The Morgan fingerprint density at radius 2 is 1.81 bits per heavy atom. The summed E-state index contributed by atoms with van der Waals surface area (Å²) in [7, 11) is -3.11. The van der Waals surface area contributed by atoms with Crippen LogP contribution in [-0.2, 0) is 10.0 Å². The van der Waals surface area contributed by atoms with Crippen molar-refractivity contribution in [3.8, 4) is 0 Å². The van der Waals surface area contributed by atoms with Crippen LogP contribution in [0.4, 0.5) is 0 Å². The van der Waals surface area contributed by atoms with E-state index in [9.17, 15) is 8.42 Å². The smallest absolute Gasteiger partial charge is 0.214 e. The minimum absolute atomic E-state index is 0.278. The van der Waals surface area contributed by atoms with Crippen molar-refractivity contribution in [2.75, 3.05) is 51.6 Å². The average Bonchev–Trinajstić information content (AvgIpc) is 2.48. The van der Waals surface area contributed by atoms with Crippen molar-refractivity contribution in [3.63, 3.8) is 0 Å². The first-order valence-electron chi connectivity index (χ1n) is 8.44. The van der Waals surface area contributed by atoms with Gasteiger partial charge in [0.2, 0.25) is 10.0 Å². The van der Waals surface area contributed by atoms with Gasteiger partial charge in [0.25, 0.3) is 0 Å². The van der Waals surface area contributed by atoms with Crippen LogP contribution in [0.3, 0.4) is 0 Å². The zero-order valence-corrected chi connectivity index (χ0v) is 14.8. The summed E-state index contributed by atoms with van der Waals surface area (Å²) in [5.41, 5.74) is 0. The monoisotopic (exact) mass is 319 g/mol. The van der Waals surface area contributed by atoms with Crippen LogP contribution in [0.5, 0.6) is 0 Å².